The van der Waals surface area contributed by atoms with Crippen LogP contribution in [0.2, 0.25) is 0 Å². The van der Waals surface area contributed by atoms with Crippen molar-refractivity contribution in [2.45, 2.75) is 33.2 Å². The molecular weight excluding hydrogens is 259 g/mol. The number of halogens is 1. The zero-order valence-electron chi connectivity index (χ0n) is 12.2. The average molecular weight is 278 g/mol. The van der Waals surface area contributed by atoms with Gasteiger partial charge in [0.2, 0.25) is 0 Å². The number of Topliss-reactive ketones (excluding diaryl/α,β-unsaturated/α-hetero) is 1. The summed E-state index contributed by atoms with van der Waals surface area (Å²) in [6.07, 6.45) is 0. The first-order valence-electron chi connectivity index (χ1n) is 6.62. The number of ketones is 1. The second-order valence-electron chi connectivity index (χ2n) is 6.08. The van der Waals surface area contributed by atoms with Crippen LogP contribution in [0.4, 0.5) is 10.1 Å². The highest BCUT2D eigenvalue weighted by Crippen LogP contribution is 2.32. The third-order valence-corrected chi connectivity index (χ3v) is 3.21. The first-order valence-corrected chi connectivity index (χ1v) is 6.62. The summed E-state index contributed by atoms with van der Waals surface area (Å²) >= 11 is 0. The molecule has 0 unspecified atom stereocenters. The van der Waals surface area contributed by atoms with Gasteiger partial charge in [-0.2, -0.15) is 0 Å². The van der Waals surface area contributed by atoms with Crippen molar-refractivity contribution in [3.05, 3.63) is 29.1 Å². The van der Waals surface area contributed by atoms with Crippen LogP contribution in [-0.4, -0.2) is 30.3 Å². The van der Waals surface area contributed by atoms with E-state index in [0.717, 1.165) is 6.07 Å². The zero-order valence-corrected chi connectivity index (χ0v) is 12.2. The number of aryl methyl sites for hydroxylation is 1. The Morgan fingerprint density at radius 3 is 2.50 bits per heavy atom. The third-order valence-electron chi connectivity index (χ3n) is 3.21. The van der Waals surface area contributed by atoms with E-state index in [1.54, 1.807) is 6.92 Å². The Morgan fingerprint density at radius 2 is 1.90 bits per heavy atom. The molecule has 0 atom stereocenters. The molecule has 0 bridgehead atoms. The van der Waals surface area contributed by atoms with Gasteiger partial charge in [0, 0.05) is 18.6 Å². The molecule has 0 radical (unpaired) electrons. The molecule has 1 aromatic rings. The molecule has 0 aliphatic carbocycles. The van der Waals surface area contributed by atoms with Gasteiger partial charge in [-0.3, -0.25) is 9.59 Å². The van der Waals surface area contributed by atoms with Crippen LogP contribution in [0.1, 0.15) is 36.7 Å². The van der Waals surface area contributed by atoms with Crippen molar-refractivity contribution >= 4 is 17.4 Å². The summed E-state index contributed by atoms with van der Waals surface area (Å²) in [6, 6.07) is 2.48. The minimum Gasteiger partial charge on any atom is -0.310 e. The second-order valence-corrected chi connectivity index (χ2v) is 6.08. The summed E-state index contributed by atoms with van der Waals surface area (Å²) in [7, 11) is 0. The van der Waals surface area contributed by atoms with Gasteiger partial charge in [0.1, 0.15) is 5.82 Å². The Kier molecular flexibility index (Phi) is 3.65. The Hall–Kier alpha value is -1.75. The van der Waals surface area contributed by atoms with Crippen LogP contribution >= 0.6 is 0 Å². The van der Waals surface area contributed by atoms with Gasteiger partial charge in [-0.1, -0.05) is 0 Å². The standard InChI is InChI=1S/C15H19FN2O2/c1-9-7-10(16)8-11-12(9)18(14(20)13(11)19)6-5-17-15(2,3)4/h7-8,17H,5-6H2,1-4H3. The van der Waals surface area contributed by atoms with Gasteiger partial charge in [-0.05, 0) is 45.4 Å². The molecule has 1 heterocycles. The van der Waals surface area contributed by atoms with E-state index in [9.17, 15) is 14.0 Å². The predicted molar refractivity (Wildman–Crippen MR) is 75.6 cm³/mol. The van der Waals surface area contributed by atoms with Crippen molar-refractivity contribution in [2.75, 3.05) is 18.0 Å². The zero-order chi connectivity index (χ0) is 15.1. The summed E-state index contributed by atoms with van der Waals surface area (Å²) in [5, 5.41) is 3.27. The molecule has 1 aliphatic rings. The van der Waals surface area contributed by atoms with E-state index in [4.69, 9.17) is 0 Å². The van der Waals surface area contributed by atoms with Crippen LogP contribution in [0.25, 0.3) is 0 Å². The molecule has 4 nitrogen and oxygen atoms in total. The smallest absolute Gasteiger partial charge is 0.299 e. The average Bonchev–Trinajstić information content (AvgIpc) is 2.53. The van der Waals surface area contributed by atoms with Crippen molar-refractivity contribution in [3.63, 3.8) is 0 Å². The first kappa shape index (κ1) is 14.7. The number of amides is 1. The monoisotopic (exact) mass is 278 g/mol. The van der Waals surface area contributed by atoms with Crippen molar-refractivity contribution in [3.8, 4) is 0 Å². The fourth-order valence-electron chi connectivity index (χ4n) is 2.36. The molecule has 1 N–H and O–H groups in total. The number of rotatable bonds is 3. The van der Waals surface area contributed by atoms with E-state index in [1.807, 2.05) is 20.8 Å². The maximum Gasteiger partial charge on any atom is 0.299 e. The molecule has 0 fully saturated rings. The highest BCUT2D eigenvalue weighted by Gasteiger charge is 2.37. The van der Waals surface area contributed by atoms with Crippen LogP contribution in [0, 0.1) is 12.7 Å². The maximum atomic E-state index is 13.4. The largest absolute Gasteiger partial charge is 0.310 e. The molecule has 0 spiro atoms. The number of carbonyl (C=O) groups is 2. The Morgan fingerprint density at radius 1 is 1.25 bits per heavy atom. The topological polar surface area (TPSA) is 49.4 Å². The fraction of sp³-hybridized carbons (Fsp3) is 0.467. The summed E-state index contributed by atoms with van der Waals surface area (Å²) in [4.78, 5) is 25.3. The molecule has 1 amide bonds. The lowest BCUT2D eigenvalue weighted by atomic mass is 10.1. The third kappa shape index (κ3) is 2.72. The van der Waals surface area contributed by atoms with Gasteiger partial charge in [-0.15, -0.1) is 0 Å². The highest BCUT2D eigenvalue weighted by atomic mass is 19.1. The Bertz CT molecular complexity index is 576. The second kappa shape index (κ2) is 4.98. The molecule has 1 aromatic carbocycles. The number of benzene rings is 1. The molecule has 108 valence electrons. The first-order chi connectivity index (χ1) is 9.20. The molecule has 5 heteroatoms. The van der Waals surface area contributed by atoms with E-state index in [2.05, 4.69) is 5.32 Å². The SMILES string of the molecule is Cc1cc(F)cc2c1N(CCNC(C)(C)C)C(=O)C2=O. The van der Waals surface area contributed by atoms with Crippen molar-refractivity contribution in [1.29, 1.82) is 0 Å². The summed E-state index contributed by atoms with van der Waals surface area (Å²) in [5.41, 5.74) is 1.25. The van der Waals surface area contributed by atoms with Crippen LogP contribution in [0.5, 0.6) is 0 Å². The highest BCUT2D eigenvalue weighted by molar-refractivity contribution is 6.52. The van der Waals surface area contributed by atoms with Gasteiger partial charge in [-0.25, -0.2) is 4.39 Å². The van der Waals surface area contributed by atoms with Crippen molar-refractivity contribution < 1.29 is 14.0 Å². The summed E-state index contributed by atoms with van der Waals surface area (Å²) < 4.78 is 13.4. The number of hydrogen-bond donors (Lipinski definition) is 1. The number of carbonyl (C=O) groups excluding carboxylic acids is 2. The van der Waals surface area contributed by atoms with Crippen LogP contribution in [0.15, 0.2) is 12.1 Å². The molecule has 20 heavy (non-hydrogen) atoms. The van der Waals surface area contributed by atoms with E-state index >= 15 is 0 Å². The van der Waals surface area contributed by atoms with Gasteiger partial charge < -0.3 is 10.2 Å². The lowest BCUT2D eigenvalue weighted by molar-refractivity contribution is -0.114. The van der Waals surface area contributed by atoms with E-state index in [0.29, 0.717) is 24.3 Å². The minimum atomic E-state index is -0.627. The molecular formula is C15H19FN2O2. The van der Waals surface area contributed by atoms with E-state index in [-0.39, 0.29) is 11.1 Å². The van der Waals surface area contributed by atoms with Crippen molar-refractivity contribution in [1.82, 2.24) is 5.32 Å². The fourth-order valence-corrected chi connectivity index (χ4v) is 2.36. The van der Waals surface area contributed by atoms with Crippen molar-refractivity contribution in [2.24, 2.45) is 0 Å². The van der Waals surface area contributed by atoms with Gasteiger partial charge in [0.15, 0.2) is 0 Å². The quantitative estimate of drug-likeness (QED) is 0.861. The normalized spacial score (nSPS) is 14.9. The number of nitrogens with one attached hydrogen (secondary N) is 1. The Balaban J connectivity index is 2.25. The lowest BCUT2D eigenvalue weighted by Crippen LogP contribution is -2.43. The molecule has 0 saturated carbocycles. The number of anilines is 1. The van der Waals surface area contributed by atoms with Gasteiger partial charge in [0.05, 0.1) is 11.3 Å². The van der Waals surface area contributed by atoms with Gasteiger partial charge >= 0.3 is 0 Å². The van der Waals surface area contributed by atoms with E-state index in [1.165, 1.54) is 11.0 Å². The molecule has 1 aliphatic heterocycles. The number of fused-ring (bicyclic) bond motifs is 1. The van der Waals surface area contributed by atoms with Crippen LogP contribution in [-0.2, 0) is 4.79 Å². The predicted octanol–water partition coefficient (Wildman–Crippen LogP) is 2.05. The lowest BCUT2D eigenvalue weighted by Gasteiger charge is -2.24. The Labute approximate surface area is 118 Å². The van der Waals surface area contributed by atoms with E-state index < -0.39 is 17.5 Å². The maximum absolute atomic E-state index is 13.4. The number of hydrogen-bond acceptors (Lipinski definition) is 3. The number of nitrogens with zero attached hydrogens (tertiary/aromatic N) is 1. The molecule has 0 aromatic heterocycles. The minimum absolute atomic E-state index is 0.0621. The van der Waals surface area contributed by atoms with Gasteiger partial charge in [0.25, 0.3) is 11.7 Å². The van der Waals surface area contributed by atoms with Crippen LogP contribution in [0.3, 0.4) is 0 Å². The van der Waals surface area contributed by atoms with Crippen LogP contribution < -0.4 is 10.2 Å². The molecule has 2 rings (SSSR count). The molecule has 0 saturated heterocycles. The summed E-state index contributed by atoms with van der Waals surface area (Å²) in [6.45, 7) is 8.74. The summed E-state index contributed by atoms with van der Waals surface area (Å²) in [5.74, 6) is -1.69.